The third-order valence-electron chi connectivity index (χ3n) is 4.28. The van der Waals surface area contributed by atoms with Crippen molar-refractivity contribution < 1.29 is 14.2 Å². The molecule has 0 aliphatic carbocycles. The summed E-state index contributed by atoms with van der Waals surface area (Å²) in [5.41, 5.74) is 3.04. The molecule has 0 saturated carbocycles. The molecular formula is C20H20N2O3. The molecule has 0 spiro atoms. The summed E-state index contributed by atoms with van der Waals surface area (Å²) in [5.74, 6) is 1.46. The zero-order valence-electron chi connectivity index (χ0n) is 14.1. The molecule has 0 amide bonds. The van der Waals surface area contributed by atoms with Gasteiger partial charge in [-0.05, 0) is 36.4 Å². The third kappa shape index (κ3) is 3.23. The first-order valence-corrected chi connectivity index (χ1v) is 8.37. The third-order valence-corrected chi connectivity index (χ3v) is 4.28. The maximum atomic E-state index is 6.10. The summed E-state index contributed by atoms with van der Waals surface area (Å²) in [6.45, 7) is 1.36. The molecule has 4 rings (SSSR count). The predicted octanol–water partition coefficient (Wildman–Crippen LogP) is 3.72. The lowest BCUT2D eigenvalue weighted by Crippen LogP contribution is -2.16. The number of nitrogens with zero attached hydrogens (tertiary/aromatic N) is 2. The lowest BCUT2D eigenvalue weighted by atomic mass is 10.1. The molecule has 0 N–H and O–H groups in total. The Labute approximate surface area is 146 Å². The van der Waals surface area contributed by atoms with E-state index in [1.54, 1.807) is 13.3 Å². The topological polar surface area (TPSA) is 45.5 Å². The van der Waals surface area contributed by atoms with Crippen LogP contribution in [0.25, 0.3) is 16.9 Å². The van der Waals surface area contributed by atoms with E-state index in [2.05, 4.69) is 5.10 Å². The highest BCUT2D eigenvalue weighted by Gasteiger charge is 2.20. The molecule has 2 heterocycles. The number of para-hydroxylation sites is 1. The van der Waals surface area contributed by atoms with E-state index in [-0.39, 0.29) is 6.10 Å². The molecule has 5 nitrogen and oxygen atoms in total. The second-order valence-electron chi connectivity index (χ2n) is 5.93. The fraction of sp³-hybridized carbons (Fsp3) is 0.250. The fourth-order valence-electron chi connectivity index (χ4n) is 3.01. The van der Waals surface area contributed by atoms with Gasteiger partial charge in [-0.15, -0.1) is 0 Å². The minimum absolute atomic E-state index is 0.0724. The summed E-state index contributed by atoms with van der Waals surface area (Å²) < 4.78 is 18.9. The standard InChI is InChI=1S/C20H20N2O3/c1-23-19-8-7-15(13-20(19)25-17-10-12-24-14-17)18-9-11-21-22(18)16-5-3-2-4-6-16/h2-9,11,13,17H,10,12,14H2,1H3/t17-/m1/s1. The predicted molar refractivity (Wildman–Crippen MR) is 95.4 cm³/mol. The smallest absolute Gasteiger partial charge is 0.162 e. The quantitative estimate of drug-likeness (QED) is 0.712. The van der Waals surface area contributed by atoms with Gasteiger partial charge in [-0.25, -0.2) is 4.68 Å². The van der Waals surface area contributed by atoms with E-state index < -0.39 is 0 Å². The minimum Gasteiger partial charge on any atom is -0.493 e. The number of hydrogen-bond acceptors (Lipinski definition) is 4. The second-order valence-corrected chi connectivity index (χ2v) is 5.93. The monoisotopic (exact) mass is 336 g/mol. The molecule has 128 valence electrons. The molecule has 1 fully saturated rings. The summed E-state index contributed by atoms with van der Waals surface area (Å²) in [6, 6.07) is 18.0. The summed E-state index contributed by atoms with van der Waals surface area (Å²) >= 11 is 0. The molecule has 1 aromatic heterocycles. The Hall–Kier alpha value is -2.79. The van der Waals surface area contributed by atoms with Gasteiger partial charge in [0.05, 0.1) is 37.9 Å². The van der Waals surface area contributed by atoms with E-state index in [9.17, 15) is 0 Å². The van der Waals surface area contributed by atoms with Crippen LogP contribution in [-0.4, -0.2) is 36.2 Å². The van der Waals surface area contributed by atoms with Gasteiger partial charge < -0.3 is 14.2 Å². The van der Waals surface area contributed by atoms with E-state index in [4.69, 9.17) is 14.2 Å². The first kappa shape index (κ1) is 15.7. The van der Waals surface area contributed by atoms with Gasteiger partial charge in [0.25, 0.3) is 0 Å². The van der Waals surface area contributed by atoms with Gasteiger partial charge >= 0.3 is 0 Å². The van der Waals surface area contributed by atoms with Crippen molar-refractivity contribution in [1.82, 2.24) is 9.78 Å². The maximum absolute atomic E-state index is 6.10. The lowest BCUT2D eigenvalue weighted by molar-refractivity contribution is 0.138. The highest BCUT2D eigenvalue weighted by Crippen LogP contribution is 2.34. The highest BCUT2D eigenvalue weighted by molar-refractivity contribution is 5.66. The molecule has 5 heteroatoms. The van der Waals surface area contributed by atoms with Gasteiger partial charge in [0.15, 0.2) is 11.5 Å². The first-order chi connectivity index (χ1) is 12.3. The van der Waals surface area contributed by atoms with E-state index in [0.717, 1.165) is 41.5 Å². The zero-order chi connectivity index (χ0) is 17.1. The normalized spacial score (nSPS) is 16.8. The molecule has 1 aliphatic rings. The number of ether oxygens (including phenoxy) is 3. The van der Waals surface area contributed by atoms with Gasteiger partial charge in [0.2, 0.25) is 0 Å². The van der Waals surface area contributed by atoms with Gasteiger partial charge in [0.1, 0.15) is 6.10 Å². The van der Waals surface area contributed by atoms with Crippen LogP contribution in [-0.2, 0) is 4.74 Å². The van der Waals surface area contributed by atoms with Crippen molar-refractivity contribution in [2.45, 2.75) is 12.5 Å². The van der Waals surface area contributed by atoms with Crippen LogP contribution in [0.2, 0.25) is 0 Å². The van der Waals surface area contributed by atoms with Crippen LogP contribution in [0.15, 0.2) is 60.8 Å². The van der Waals surface area contributed by atoms with Crippen LogP contribution in [0, 0.1) is 0 Å². The van der Waals surface area contributed by atoms with E-state index >= 15 is 0 Å². The van der Waals surface area contributed by atoms with Crippen LogP contribution in [0.1, 0.15) is 6.42 Å². The van der Waals surface area contributed by atoms with Crippen LogP contribution >= 0.6 is 0 Å². The Bertz CT molecular complexity index is 839. The lowest BCUT2D eigenvalue weighted by Gasteiger charge is -2.16. The number of hydrogen-bond donors (Lipinski definition) is 0. The summed E-state index contributed by atoms with van der Waals surface area (Å²) in [6.07, 6.45) is 2.77. The fourth-order valence-corrected chi connectivity index (χ4v) is 3.01. The summed E-state index contributed by atoms with van der Waals surface area (Å²) in [7, 11) is 1.65. The number of benzene rings is 2. The molecular weight excluding hydrogens is 316 g/mol. The van der Waals surface area contributed by atoms with Crippen molar-refractivity contribution >= 4 is 0 Å². The molecule has 25 heavy (non-hydrogen) atoms. The maximum Gasteiger partial charge on any atom is 0.162 e. The van der Waals surface area contributed by atoms with Crippen LogP contribution in [0.5, 0.6) is 11.5 Å². The van der Waals surface area contributed by atoms with E-state index in [1.165, 1.54) is 0 Å². The Kier molecular flexibility index (Phi) is 4.39. The van der Waals surface area contributed by atoms with Crippen LogP contribution in [0.4, 0.5) is 0 Å². The van der Waals surface area contributed by atoms with Crippen molar-refractivity contribution in [2.75, 3.05) is 20.3 Å². The Morgan fingerprint density at radius 1 is 1.08 bits per heavy atom. The van der Waals surface area contributed by atoms with Gasteiger partial charge in [-0.1, -0.05) is 18.2 Å². The van der Waals surface area contributed by atoms with Crippen molar-refractivity contribution in [3.63, 3.8) is 0 Å². The van der Waals surface area contributed by atoms with E-state index in [0.29, 0.717) is 6.61 Å². The number of methoxy groups -OCH3 is 1. The Balaban J connectivity index is 1.70. The average molecular weight is 336 g/mol. The molecule has 0 bridgehead atoms. The molecule has 0 unspecified atom stereocenters. The Morgan fingerprint density at radius 3 is 2.72 bits per heavy atom. The average Bonchev–Trinajstić information content (AvgIpc) is 3.34. The summed E-state index contributed by atoms with van der Waals surface area (Å²) in [4.78, 5) is 0. The highest BCUT2D eigenvalue weighted by atomic mass is 16.6. The van der Waals surface area contributed by atoms with Crippen molar-refractivity contribution in [1.29, 1.82) is 0 Å². The minimum atomic E-state index is 0.0724. The zero-order valence-corrected chi connectivity index (χ0v) is 14.1. The van der Waals surface area contributed by atoms with Gasteiger partial charge in [-0.3, -0.25) is 0 Å². The molecule has 3 aromatic rings. The Morgan fingerprint density at radius 2 is 1.96 bits per heavy atom. The van der Waals surface area contributed by atoms with Crippen molar-refractivity contribution in [3.8, 4) is 28.4 Å². The first-order valence-electron chi connectivity index (χ1n) is 8.37. The molecule has 1 saturated heterocycles. The second kappa shape index (κ2) is 6.99. The van der Waals surface area contributed by atoms with Crippen molar-refractivity contribution in [3.05, 3.63) is 60.8 Å². The van der Waals surface area contributed by atoms with Crippen LogP contribution < -0.4 is 9.47 Å². The molecule has 2 aromatic carbocycles. The SMILES string of the molecule is COc1ccc(-c2ccnn2-c2ccccc2)cc1O[C@@H]1CCOC1. The largest absolute Gasteiger partial charge is 0.493 e. The van der Waals surface area contributed by atoms with Crippen molar-refractivity contribution in [2.24, 2.45) is 0 Å². The summed E-state index contributed by atoms with van der Waals surface area (Å²) in [5, 5.41) is 4.46. The van der Waals surface area contributed by atoms with E-state index in [1.807, 2.05) is 59.3 Å². The van der Waals surface area contributed by atoms with Gasteiger partial charge in [0, 0.05) is 12.0 Å². The number of aromatic nitrogens is 2. The van der Waals surface area contributed by atoms with Gasteiger partial charge in [-0.2, -0.15) is 5.10 Å². The molecule has 1 atom stereocenters. The molecule has 1 aliphatic heterocycles. The number of rotatable bonds is 5. The van der Waals surface area contributed by atoms with Crippen LogP contribution in [0.3, 0.4) is 0 Å². The molecule has 0 radical (unpaired) electrons.